The molecule has 2 fully saturated rings. The van der Waals surface area contributed by atoms with Crippen LogP contribution in [0.1, 0.15) is 29.8 Å². The van der Waals surface area contributed by atoms with E-state index in [2.05, 4.69) is 14.9 Å². The maximum Gasteiger partial charge on any atom is 0.289 e. The van der Waals surface area contributed by atoms with E-state index in [1.54, 1.807) is 23.4 Å². The molecule has 0 N–H and O–H groups in total. The summed E-state index contributed by atoms with van der Waals surface area (Å²) in [5.74, 6) is 1.77. The van der Waals surface area contributed by atoms with Gasteiger partial charge in [0.1, 0.15) is 18.2 Å². The zero-order valence-electron chi connectivity index (χ0n) is 13.4. The van der Waals surface area contributed by atoms with E-state index in [4.69, 9.17) is 9.15 Å². The number of likely N-dealkylation sites (tertiary alicyclic amines) is 1. The summed E-state index contributed by atoms with van der Waals surface area (Å²) >= 11 is 0. The Morgan fingerprint density at radius 2 is 2.12 bits per heavy atom. The van der Waals surface area contributed by atoms with Gasteiger partial charge in [-0.1, -0.05) is 0 Å². The van der Waals surface area contributed by atoms with Gasteiger partial charge in [0.25, 0.3) is 5.91 Å². The molecule has 0 bridgehead atoms. The highest BCUT2D eigenvalue weighted by Crippen LogP contribution is 2.23. The van der Waals surface area contributed by atoms with Gasteiger partial charge in [-0.3, -0.25) is 4.79 Å². The van der Waals surface area contributed by atoms with Crippen molar-refractivity contribution in [3.63, 3.8) is 0 Å². The zero-order chi connectivity index (χ0) is 16.4. The molecule has 2 aliphatic rings. The predicted octanol–water partition coefficient (Wildman–Crippen LogP) is 1.96. The fraction of sp³-hybridized carbons (Fsp3) is 0.471. The maximum absolute atomic E-state index is 12.3. The Bertz CT molecular complexity index is 698. The molecular formula is C17H20N4O3. The first-order valence-electron chi connectivity index (χ1n) is 8.36. The van der Waals surface area contributed by atoms with E-state index in [-0.39, 0.29) is 12.0 Å². The largest absolute Gasteiger partial charge is 0.472 e. The predicted molar refractivity (Wildman–Crippen MR) is 87.1 cm³/mol. The third-order valence-electron chi connectivity index (χ3n) is 4.51. The van der Waals surface area contributed by atoms with Crippen LogP contribution in [0.5, 0.6) is 5.88 Å². The van der Waals surface area contributed by atoms with Crippen molar-refractivity contribution in [1.29, 1.82) is 0 Å². The summed E-state index contributed by atoms with van der Waals surface area (Å²) in [5, 5.41) is 0. The van der Waals surface area contributed by atoms with E-state index in [9.17, 15) is 4.79 Å². The van der Waals surface area contributed by atoms with Crippen LogP contribution in [0.3, 0.4) is 0 Å². The average Bonchev–Trinajstić information content (AvgIpc) is 3.36. The molecule has 0 spiro atoms. The standard InChI is InChI=1S/C17H20N4O3/c22-17(14-4-3-9-23-14)21-8-5-13(11-21)24-16-10-15(18-12-19-16)20-6-1-2-7-20/h3-4,9-10,12-13H,1-2,5-8,11H2/t13-/m1/s1. The Labute approximate surface area is 140 Å². The highest BCUT2D eigenvalue weighted by molar-refractivity contribution is 5.91. The normalized spacial score (nSPS) is 20.6. The fourth-order valence-electron chi connectivity index (χ4n) is 3.25. The van der Waals surface area contributed by atoms with Gasteiger partial charge in [0.2, 0.25) is 5.88 Å². The quantitative estimate of drug-likeness (QED) is 0.854. The smallest absolute Gasteiger partial charge is 0.289 e. The van der Waals surface area contributed by atoms with E-state index >= 15 is 0 Å². The van der Waals surface area contributed by atoms with Gasteiger partial charge in [-0.05, 0) is 25.0 Å². The number of carbonyl (C=O) groups is 1. The van der Waals surface area contributed by atoms with E-state index < -0.39 is 0 Å². The molecule has 0 aliphatic carbocycles. The molecule has 24 heavy (non-hydrogen) atoms. The molecule has 1 atom stereocenters. The lowest BCUT2D eigenvalue weighted by Gasteiger charge is -2.18. The number of amides is 1. The number of aromatic nitrogens is 2. The number of carbonyl (C=O) groups excluding carboxylic acids is 1. The first-order chi connectivity index (χ1) is 11.8. The summed E-state index contributed by atoms with van der Waals surface area (Å²) in [6, 6.07) is 5.30. The first kappa shape index (κ1) is 15.0. The molecule has 1 amide bonds. The Kier molecular flexibility index (Phi) is 4.06. The lowest BCUT2D eigenvalue weighted by Crippen LogP contribution is -2.30. The highest BCUT2D eigenvalue weighted by Gasteiger charge is 2.30. The number of rotatable bonds is 4. The molecule has 2 aliphatic heterocycles. The van der Waals surface area contributed by atoms with E-state index in [0.717, 1.165) is 25.3 Å². The molecule has 126 valence electrons. The van der Waals surface area contributed by atoms with Crippen molar-refractivity contribution in [1.82, 2.24) is 14.9 Å². The topological polar surface area (TPSA) is 71.7 Å². The second-order valence-corrected chi connectivity index (χ2v) is 6.17. The Balaban J connectivity index is 1.38. The molecule has 7 heteroatoms. The van der Waals surface area contributed by atoms with Crippen molar-refractivity contribution in [2.75, 3.05) is 31.1 Å². The lowest BCUT2D eigenvalue weighted by atomic mass is 10.3. The van der Waals surface area contributed by atoms with Crippen LogP contribution in [0.4, 0.5) is 5.82 Å². The summed E-state index contributed by atoms with van der Waals surface area (Å²) in [4.78, 5) is 24.8. The van der Waals surface area contributed by atoms with Gasteiger partial charge in [-0.15, -0.1) is 0 Å². The van der Waals surface area contributed by atoms with Gasteiger partial charge in [0.05, 0.1) is 12.8 Å². The van der Waals surface area contributed by atoms with Gasteiger partial charge in [0, 0.05) is 32.1 Å². The number of hydrogen-bond acceptors (Lipinski definition) is 6. The van der Waals surface area contributed by atoms with Crippen molar-refractivity contribution in [2.45, 2.75) is 25.4 Å². The monoisotopic (exact) mass is 328 g/mol. The Morgan fingerprint density at radius 3 is 2.92 bits per heavy atom. The minimum atomic E-state index is -0.0912. The van der Waals surface area contributed by atoms with Crippen LogP contribution in [-0.2, 0) is 0 Å². The van der Waals surface area contributed by atoms with Crippen molar-refractivity contribution in [2.24, 2.45) is 0 Å². The molecule has 4 heterocycles. The summed E-state index contributed by atoms with van der Waals surface area (Å²) in [6.45, 7) is 3.27. The molecule has 0 unspecified atom stereocenters. The summed E-state index contributed by atoms with van der Waals surface area (Å²) in [6.07, 6.45) is 6.20. The minimum absolute atomic E-state index is 0.0507. The van der Waals surface area contributed by atoms with Crippen molar-refractivity contribution in [3.8, 4) is 5.88 Å². The van der Waals surface area contributed by atoms with Crippen LogP contribution in [0.2, 0.25) is 0 Å². The third-order valence-corrected chi connectivity index (χ3v) is 4.51. The number of nitrogens with zero attached hydrogens (tertiary/aromatic N) is 4. The molecule has 0 radical (unpaired) electrons. The molecule has 0 saturated carbocycles. The Hall–Kier alpha value is -2.57. The maximum atomic E-state index is 12.3. The van der Waals surface area contributed by atoms with E-state index in [1.807, 2.05) is 6.07 Å². The van der Waals surface area contributed by atoms with Gasteiger partial charge in [-0.25, -0.2) is 9.97 Å². The third kappa shape index (κ3) is 3.06. The number of furan rings is 1. The van der Waals surface area contributed by atoms with Crippen LogP contribution >= 0.6 is 0 Å². The number of hydrogen-bond donors (Lipinski definition) is 0. The van der Waals surface area contributed by atoms with Crippen LogP contribution < -0.4 is 9.64 Å². The number of ether oxygens (including phenoxy) is 1. The molecule has 2 aromatic rings. The minimum Gasteiger partial charge on any atom is -0.472 e. The van der Waals surface area contributed by atoms with E-state index in [0.29, 0.717) is 24.7 Å². The van der Waals surface area contributed by atoms with Crippen LogP contribution in [0, 0.1) is 0 Å². The molecule has 2 aromatic heterocycles. The average molecular weight is 328 g/mol. The lowest BCUT2D eigenvalue weighted by molar-refractivity contribution is 0.0740. The van der Waals surface area contributed by atoms with Crippen LogP contribution in [0.15, 0.2) is 35.2 Å². The number of anilines is 1. The molecule has 7 nitrogen and oxygen atoms in total. The van der Waals surface area contributed by atoms with E-state index in [1.165, 1.54) is 19.1 Å². The van der Waals surface area contributed by atoms with Crippen molar-refractivity contribution >= 4 is 11.7 Å². The van der Waals surface area contributed by atoms with Crippen LogP contribution in [-0.4, -0.2) is 53.1 Å². The van der Waals surface area contributed by atoms with Gasteiger partial charge < -0.3 is 19.0 Å². The second kappa shape index (κ2) is 6.51. The van der Waals surface area contributed by atoms with Crippen LogP contribution in [0.25, 0.3) is 0 Å². The molecule has 2 saturated heterocycles. The Morgan fingerprint density at radius 1 is 1.25 bits per heavy atom. The molecular weight excluding hydrogens is 308 g/mol. The highest BCUT2D eigenvalue weighted by atomic mass is 16.5. The first-order valence-corrected chi connectivity index (χ1v) is 8.36. The van der Waals surface area contributed by atoms with Crippen molar-refractivity contribution < 1.29 is 13.9 Å². The molecule has 0 aromatic carbocycles. The summed E-state index contributed by atoms with van der Waals surface area (Å²) in [5.41, 5.74) is 0. The van der Waals surface area contributed by atoms with Gasteiger partial charge in [-0.2, -0.15) is 0 Å². The second-order valence-electron chi connectivity index (χ2n) is 6.17. The van der Waals surface area contributed by atoms with Gasteiger partial charge >= 0.3 is 0 Å². The zero-order valence-corrected chi connectivity index (χ0v) is 13.4. The molecule has 4 rings (SSSR count). The SMILES string of the molecule is O=C(c1ccco1)N1CC[C@@H](Oc2cc(N3CCCC3)ncn2)C1. The van der Waals surface area contributed by atoms with Crippen molar-refractivity contribution in [3.05, 3.63) is 36.5 Å². The summed E-state index contributed by atoms with van der Waals surface area (Å²) < 4.78 is 11.1. The van der Waals surface area contributed by atoms with Gasteiger partial charge in [0.15, 0.2) is 5.76 Å². The fourth-order valence-corrected chi connectivity index (χ4v) is 3.25. The summed E-state index contributed by atoms with van der Waals surface area (Å²) in [7, 11) is 0.